The summed E-state index contributed by atoms with van der Waals surface area (Å²) >= 11 is 15.5. The minimum absolute atomic E-state index is 0.00800. The van der Waals surface area contributed by atoms with Crippen molar-refractivity contribution in [1.29, 1.82) is 0 Å². The van der Waals surface area contributed by atoms with Crippen molar-refractivity contribution in [2.24, 2.45) is 7.05 Å². The standard InChI is InChI=1S/C29H32ClF2N9O4.C20H16F2N6O2S.C20H18F2N6O2S.C18H13ClF2N6O2/c30-20-3-4-24(45-29(31)32)21(16-20)27-22(35-28(43)23-17-33-25-2-1-5-34-41(23)25)18-40(36-27)19-26(42)39-10-8-37(9-11-39)6-7-38-12-14-44-15-13-38;21-20(22)30-16-6-5-12(31-11-3-4-11)8-13(16)18-14(9-24-27-18)26-19(29)15-10-23-17-2-1-7-25-28(15)17;1-11(2)31-12-5-6-16(30-20(21)22)13(8-12)18-14(9-24-27-18)26-19(29)15-10-23-17-4-3-7-25-28(15)17;1-26-9-12(24-17(28)13-8-22-15-3-2-6-23-27(13)15)16(25-26)11-7-10(19)4-5-14(11)29-18(20)21/h1-5,16-18,29H,6-15,19H2,(H,35,43);1-2,5-11,20H,3-4H2,(H,24,27)(H,26,29);3-11,20H,1-2H3,(H,24,27)(H,26,29);2-9,18H,1H3,(H,24,28). The Balaban J connectivity index is 0.000000134. The van der Waals surface area contributed by atoms with Crippen molar-refractivity contribution in [3.8, 4) is 68.0 Å². The van der Waals surface area contributed by atoms with Crippen LogP contribution in [0.15, 0.2) is 205 Å². The van der Waals surface area contributed by atoms with Crippen molar-refractivity contribution < 1.29 is 82.8 Å². The molecule has 49 heteroatoms. The number of aromatic nitrogens is 20. The third-order valence-corrected chi connectivity index (χ3v) is 23.5. The number of fused-ring (bicyclic) bond motifs is 4. The van der Waals surface area contributed by atoms with Gasteiger partial charge in [-0.3, -0.25) is 53.3 Å². The largest absolute Gasteiger partial charge is 0.434 e. The number of carbonyl (C=O) groups excluding carboxylic acids is 5. The first kappa shape index (κ1) is 94.5. The molecule has 0 bridgehead atoms. The van der Waals surface area contributed by atoms with E-state index in [0.29, 0.717) is 85.1 Å². The van der Waals surface area contributed by atoms with Gasteiger partial charge in [-0.15, -0.1) is 23.5 Å². The molecular formula is C87H79Cl2F8N27O10S2. The number of nitrogens with one attached hydrogen (secondary N) is 6. The summed E-state index contributed by atoms with van der Waals surface area (Å²) in [6, 6.07) is 31.9. The zero-order valence-electron chi connectivity index (χ0n) is 71.7. The molecule has 14 heterocycles. The van der Waals surface area contributed by atoms with Crippen molar-refractivity contribution in [3.63, 3.8) is 0 Å². The Morgan fingerprint density at radius 3 is 1.26 bits per heavy atom. The van der Waals surface area contributed by atoms with E-state index in [2.05, 4.69) is 107 Å². The Morgan fingerprint density at radius 2 is 0.846 bits per heavy atom. The van der Waals surface area contributed by atoms with Gasteiger partial charge in [-0.1, -0.05) is 37.0 Å². The monoisotopic (exact) mass is 1950 g/mol. The number of anilines is 4. The number of imidazole rings is 4. The van der Waals surface area contributed by atoms with Gasteiger partial charge < -0.3 is 49.9 Å². The molecule has 0 atom stereocenters. The first-order valence-corrected chi connectivity index (χ1v) is 44.2. The van der Waals surface area contributed by atoms with Crippen molar-refractivity contribution in [3.05, 3.63) is 229 Å². The number of halogens is 10. The summed E-state index contributed by atoms with van der Waals surface area (Å²) in [5.41, 5.74) is 5.98. The summed E-state index contributed by atoms with van der Waals surface area (Å²) in [4.78, 5) is 90.1. The van der Waals surface area contributed by atoms with E-state index < -0.39 is 50.1 Å². The van der Waals surface area contributed by atoms with Gasteiger partial charge in [0.25, 0.3) is 23.6 Å². The van der Waals surface area contributed by atoms with Gasteiger partial charge in [-0.25, -0.2) is 38.0 Å². The van der Waals surface area contributed by atoms with Crippen molar-refractivity contribution in [2.75, 3.05) is 86.8 Å². The highest BCUT2D eigenvalue weighted by Gasteiger charge is 2.31. The normalized spacial score (nSPS) is 13.5. The number of hydrogen-bond acceptors (Lipinski definition) is 26. The number of alkyl halides is 8. The average molecular weight is 1950 g/mol. The number of benzene rings is 4. The molecular weight excluding hydrogens is 1870 g/mol. The van der Waals surface area contributed by atoms with Crippen molar-refractivity contribution >= 4 is 122 Å². The fourth-order valence-corrected chi connectivity index (χ4v) is 16.7. The fourth-order valence-electron chi connectivity index (χ4n) is 14.4. The number of hydrogen-bond donors (Lipinski definition) is 6. The Kier molecular flexibility index (Phi) is 30.0. The third-order valence-electron chi connectivity index (χ3n) is 20.7. The minimum Gasteiger partial charge on any atom is -0.434 e. The summed E-state index contributed by atoms with van der Waals surface area (Å²) < 4.78 is 137. The molecule has 136 heavy (non-hydrogen) atoms. The zero-order valence-corrected chi connectivity index (χ0v) is 74.8. The molecule has 5 amide bonds. The molecule has 2 aliphatic heterocycles. The molecule has 4 aromatic carbocycles. The van der Waals surface area contributed by atoms with E-state index in [1.807, 2.05) is 13.8 Å². The molecule has 0 radical (unpaired) electrons. The maximum absolute atomic E-state index is 13.4. The minimum atomic E-state index is -3.11. The van der Waals surface area contributed by atoms with Crippen LogP contribution >= 0.6 is 46.7 Å². The van der Waals surface area contributed by atoms with Gasteiger partial charge in [0, 0.05) is 149 Å². The summed E-state index contributed by atoms with van der Waals surface area (Å²) in [7, 11) is 1.63. The van der Waals surface area contributed by atoms with E-state index in [9.17, 15) is 59.1 Å². The summed E-state index contributed by atoms with van der Waals surface area (Å²) in [6.07, 6.45) is 19.8. The summed E-state index contributed by atoms with van der Waals surface area (Å²) in [5.74, 6) is -2.50. The first-order chi connectivity index (χ1) is 65.8. The summed E-state index contributed by atoms with van der Waals surface area (Å²) in [6.45, 7) is -0.229. The molecule has 16 aromatic rings. The maximum atomic E-state index is 13.4. The lowest BCUT2D eigenvalue weighted by Gasteiger charge is -2.36. The SMILES string of the molecule is CC(C)Sc1ccc(OC(F)F)c(-c2[nH]ncc2NC(=O)c2cnc3cccnn23)c1.Cn1cc(NC(=O)c2cnc3cccnn23)c(-c2cc(Cl)ccc2OC(F)F)n1.O=C(Nc1cn(CC(=O)N2CCN(CCN3CCOCC3)CC2)nc1-c1cc(Cl)ccc1OC(F)F)c1cnc2cccnn12.O=C(Nc1cn[nH]c1-c1cc(SC2CC2)ccc1OC(F)F)c1cnc2cccnn12. The van der Waals surface area contributed by atoms with Gasteiger partial charge in [0.2, 0.25) is 5.91 Å². The number of rotatable bonds is 29. The van der Waals surface area contributed by atoms with Crippen LogP contribution in [-0.2, 0) is 23.1 Å². The number of aryl methyl sites for hydroxylation is 1. The number of aromatic amines is 2. The number of morpholine rings is 1. The molecule has 19 rings (SSSR count). The summed E-state index contributed by atoms with van der Waals surface area (Å²) in [5, 5.41) is 51.2. The lowest BCUT2D eigenvalue weighted by molar-refractivity contribution is -0.133. The predicted octanol–water partition coefficient (Wildman–Crippen LogP) is 14.9. The number of piperazine rings is 1. The number of H-pyrrole nitrogens is 2. The van der Waals surface area contributed by atoms with Crippen LogP contribution < -0.4 is 40.2 Å². The number of thioether (sulfide) groups is 2. The Morgan fingerprint density at radius 1 is 0.463 bits per heavy atom. The van der Waals surface area contributed by atoms with Crippen molar-refractivity contribution in [2.45, 2.75) is 80.0 Å². The molecule has 1 saturated carbocycles. The second kappa shape index (κ2) is 43.1. The Bertz CT molecular complexity index is 6770. The Hall–Kier alpha value is -14.7. The van der Waals surface area contributed by atoms with Gasteiger partial charge >= 0.3 is 26.4 Å². The number of nitrogens with zero attached hydrogens (tertiary/aromatic N) is 21. The molecule has 3 fully saturated rings. The van der Waals surface area contributed by atoms with Crippen LogP contribution in [0.25, 0.3) is 67.6 Å². The van der Waals surface area contributed by atoms with E-state index >= 15 is 0 Å². The topological polar surface area (TPSA) is 403 Å². The molecule has 6 N–H and O–H groups in total. The van der Waals surface area contributed by atoms with Crippen LogP contribution in [0.1, 0.15) is 68.6 Å². The molecule has 0 spiro atoms. The van der Waals surface area contributed by atoms with Crippen LogP contribution in [0, 0.1) is 0 Å². The zero-order chi connectivity index (χ0) is 95.2. The number of amides is 5. The first-order valence-electron chi connectivity index (χ1n) is 41.7. The molecule has 2 saturated heterocycles. The number of carbonyl (C=O) groups is 5. The van der Waals surface area contributed by atoms with E-state index in [4.69, 9.17) is 42.1 Å². The second-order valence-electron chi connectivity index (χ2n) is 30.3. The molecule has 1 aliphatic carbocycles. The van der Waals surface area contributed by atoms with E-state index in [1.165, 1.54) is 138 Å². The second-order valence-corrected chi connectivity index (χ2v) is 34.2. The van der Waals surface area contributed by atoms with Gasteiger partial charge in [-0.2, -0.15) is 75.9 Å². The van der Waals surface area contributed by atoms with Gasteiger partial charge in [0.05, 0.1) is 84.5 Å². The third kappa shape index (κ3) is 23.4. The fraction of sp³-hybridized carbons (Fsp3) is 0.253. The molecule has 12 aromatic heterocycles. The van der Waals surface area contributed by atoms with Gasteiger partial charge in [0.1, 0.15) is 40.9 Å². The maximum Gasteiger partial charge on any atom is 0.387 e. The van der Waals surface area contributed by atoms with Crippen LogP contribution in [-0.4, -0.2) is 245 Å². The van der Waals surface area contributed by atoms with Crippen LogP contribution in [0.4, 0.5) is 57.9 Å². The number of ether oxygens (including phenoxy) is 5. The van der Waals surface area contributed by atoms with Gasteiger partial charge in [0.15, 0.2) is 45.4 Å². The lowest BCUT2D eigenvalue weighted by Crippen LogP contribution is -2.51. The van der Waals surface area contributed by atoms with E-state index in [-0.39, 0.29) is 97.1 Å². The molecule has 704 valence electrons. The van der Waals surface area contributed by atoms with E-state index in [1.54, 1.807) is 121 Å². The molecule has 37 nitrogen and oxygen atoms in total. The van der Waals surface area contributed by atoms with Crippen molar-refractivity contribution in [1.82, 2.24) is 113 Å². The highest BCUT2D eigenvalue weighted by atomic mass is 35.5. The average Bonchev–Trinajstić information content (AvgIpc) is 1.67. The molecule has 0 unspecified atom stereocenters. The van der Waals surface area contributed by atoms with Crippen LogP contribution in [0.3, 0.4) is 0 Å². The quantitative estimate of drug-likeness (QED) is 0.0187. The highest BCUT2D eigenvalue weighted by Crippen LogP contribution is 2.45. The van der Waals surface area contributed by atoms with Crippen LogP contribution in [0.2, 0.25) is 10.0 Å². The predicted molar refractivity (Wildman–Crippen MR) is 485 cm³/mol. The van der Waals surface area contributed by atoms with E-state index in [0.717, 1.165) is 75.1 Å². The smallest absolute Gasteiger partial charge is 0.387 e. The lowest BCUT2D eigenvalue weighted by atomic mass is 10.1. The highest BCUT2D eigenvalue weighted by molar-refractivity contribution is 8.00. The van der Waals surface area contributed by atoms with Crippen LogP contribution in [0.5, 0.6) is 23.0 Å². The molecule has 3 aliphatic rings. The van der Waals surface area contributed by atoms with Gasteiger partial charge in [-0.05, 0) is 134 Å². The Labute approximate surface area is 783 Å².